The Bertz CT molecular complexity index is 1610. The smallest absolute Gasteiger partial charge is 0.303 e. The number of fused-ring (bicyclic) bond motifs is 2. The van der Waals surface area contributed by atoms with E-state index in [4.69, 9.17) is 24.5 Å². The molecule has 248 valence electrons. The highest BCUT2D eigenvalue weighted by molar-refractivity contribution is 6.76. The number of carboxylic acid groups (broad SMARTS) is 1. The van der Waals surface area contributed by atoms with E-state index >= 15 is 0 Å². The van der Waals surface area contributed by atoms with Gasteiger partial charge in [-0.3, -0.25) is 9.78 Å². The van der Waals surface area contributed by atoms with Crippen LogP contribution in [0.25, 0.3) is 27.7 Å². The minimum Gasteiger partial charge on any atom is -0.481 e. The standard InChI is InChI=1S/C35H51N5O4Si2/c1-45(2,3)16-14-43-24-39(25-44-15-17-46(4,5)6)33-21-32(27-12-9-10-26(18-27)19-34(41)42)38-35-30(23-37-40(33)35)29-20-28-11-7-8-13-31(28)36-22-29/h7-8,11,13,20-23,26-27H,9-10,12,14-19,24-25H2,1-6H3,(H,41,42). The maximum atomic E-state index is 11.6. The van der Waals surface area contributed by atoms with Crippen LogP contribution in [0.4, 0.5) is 5.82 Å². The van der Waals surface area contributed by atoms with E-state index in [0.29, 0.717) is 26.7 Å². The normalized spacial score (nSPS) is 17.5. The minimum atomic E-state index is -1.25. The molecule has 2 unspecified atom stereocenters. The van der Waals surface area contributed by atoms with Crippen molar-refractivity contribution in [1.82, 2.24) is 19.6 Å². The van der Waals surface area contributed by atoms with Crippen molar-refractivity contribution in [3.63, 3.8) is 0 Å². The lowest BCUT2D eigenvalue weighted by atomic mass is 9.78. The topological polar surface area (TPSA) is 102 Å². The molecule has 4 aromatic rings. The third-order valence-corrected chi connectivity index (χ3v) is 12.3. The quantitative estimate of drug-likeness (QED) is 0.0774. The van der Waals surface area contributed by atoms with Gasteiger partial charge in [0.25, 0.3) is 0 Å². The maximum Gasteiger partial charge on any atom is 0.303 e. The molecular formula is C35H51N5O4Si2. The molecule has 46 heavy (non-hydrogen) atoms. The van der Waals surface area contributed by atoms with Gasteiger partial charge in [-0.15, -0.1) is 0 Å². The van der Waals surface area contributed by atoms with E-state index in [2.05, 4.69) is 62.4 Å². The predicted molar refractivity (Wildman–Crippen MR) is 191 cm³/mol. The molecule has 9 nitrogen and oxygen atoms in total. The average Bonchev–Trinajstić information content (AvgIpc) is 3.42. The minimum absolute atomic E-state index is 0.151. The van der Waals surface area contributed by atoms with Gasteiger partial charge < -0.3 is 19.5 Å². The number of carbonyl (C=O) groups is 1. The summed E-state index contributed by atoms with van der Waals surface area (Å²) in [4.78, 5) is 23.7. The van der Waals surface area contributed by atoms with Gasteiger partial charge in [0, 0.05) is 76.2 Å². The second-order valence-corrected chi connectivity index (χ2v) is 26.6. The van der Waals surface area contributed by atoms with Crippen molar-refractivity contribution < 1.29 is 19.4 Å². The van der Waals surface area contributed by atoms with Gasteiger partial charge in [0.2, 0.25) is 0 Å². The number of hydrogen-bond acceptors (Lipinski definition) is 7. The number of rotatable bonds is 15. The molecular weight excluding hydrogens is 611 g/mol. The average molecular weight is 662 g/mol. The molecule has 0 bridgehead atoms. The molecule has 1 N–H and O–H groups in total. The summed E-state index contributed by atoms with van der Waals surface area (Å²) < 4.78 is 14.5. The molecule has 0 spiro atoms. The fraction of sp³-hybridized carbons (Fsp3) is 0.543. The Morgan fingerprint density at radius 2 is 1.67 bits per heavy atom. The maximum absolute atomic E-state index is 11.6. The Kier molecular flexibility index (Phi) is 11.0. The van der Waals surface area contributed by atoms with Gasteiger partial charge in [-0.1, -0.05) is 63.9 Å². The zero-order valence-corrected chi connectivity index (χ0v) is 30.5. The lowest BCUT2D eigenvalue weighted by molar-refractivity contribution is -0.138. The van der Waals surface area contributed by atoms with Gasteiger partial charge in [-0.05, 0) is 49.4 Å². The summed E-state index contributed by atoms with van der Waals surface area (Å²) in [5.41, 5.74) is 4.56. The molecule has 1 aliphatic rings. The number of pyridine rings is 1. The Hall–Kier alpha value is -3.13. The van der Waals surface area contributed by atoms with Gasteiger partial charge in [0.1, 0.15) is 19.3 Å². The first kappa shape index (κ1) is 34.2. The monoisotopic (exact) mass is 661 g/mol. The fourth-order valence-electron chi connectivity index (χ4n) is 6.09. The second-order valence-electron chi connectivity index (χ2n) is 15.3. The summed E-state index contributed by atoms with van der Waals surface area (Å²) in [6.45, 7) is 16.3. The highest BCUT2D eigenvalue weighted by Gasteiger charge is 2.28. The molecule has 0 aliphatic heterocycles. The molecule has 1 fully saturated rings. The van der Waals surface area contributed by atoms with E-state index in [1.165, 1.54) is 0 Å². The van der Waals surface area contributed by atoms with E-state index < -0.39 is 22.1 Å². The number of carboxylic acids is 1. The molecule has 0 saturated heterocycles. The molecule has 11 heteroatoms. The first-order chi connectivity index (χ1) is 21.9. The molecule has 1 aliphatic carbocycles. The lowest BCUT2D eigenvalue weighted by Gasteiger charge is -2.30. The van der Waals surface area contributed by atoms with Crippen LogP contribution < -0.4 is 4.90 Å². The number of anilines is 1. The Morgan fingerprint density at radius 1 is 0.978 bits per heavy atom. The molecule has 1 saturated carbocycles. The molecule has 2 atom stereocenters. The van der Waals surface area contributed by atoms with Crippen LogP contribution in [0, 0.1) is 5.92 Å². The Balaban J connectivity index is 1.55. The van der Waals surface area contributed by atoms with Gasteiger partial charge in [-0.2, -0.15) is 9.61 Å². The van der Waals surface area contributed by atoms with Crippen molar-refractivity contribution in [2.24, 2.45) is 5.92 Å². The summed E-state index contributed by atoms with van der Waals surface area (Å²) in [7, 11) is -2.51. The largest absolute Gasteiger partial charge is 0.481 e. The van der Waals surface area contributed by atoms with E-state index in [1.54, 1.807) is 0 Å². The number of hydrogen-bond donors (Lipinski definition) is 1. The van der Waals surface area contributed by atoms with Crippen molar-refractivity contribution in [2.75, 3.05) is 31.6 Å². The van der Waals surface area contributed by atoms with Crippen molar-refractivity contribution in [3.05, 3.63) is 54.5 Å². The zero-order chi connectivity index (χ0) is 32.9. The summed E-state index contributed by atoms with van der Waals surface area (Å²) in [5, 5.41) is 15.5. The van der Waals surface area contributed by atoms with Gasteiger partial charge in [0.05, 0.1) is 11.7 Å². The lowest BCUT2D eigenvalue weighted by Crippen LogP contribution is -2.33. The van der Waals surface area contributed by atoms with Crippen molar-refractivity contribution >= 4 is 44.5 Å². The number of aliphatic carboxylic acids is 1. The number of benzene rings is 1. The van der Waals surface area contributed by atoms with Gasteiger partial charge >= 0.3 is 5.97 Å². The van der Waals surface area contributed by atoms with E-state index in [0.717, 1.165) is 77.0 Å². The van der Waals surface area contributed by atoms with Crippen LogP contribution in [0.2, 0.25) is 51.4 Å². The number of nitrogens with zero attached hydrogens (tertiary/aromatic N) is 5. The third-order valence-electron chi connectivity index (χ3n) is 8.85. The van der Waals surface area contributed by atoms with Gasteiger partial charge in [-0.25, -0.2) is 4.98 Å². The van der Waals surface area contributed by atoms with Crippen molar-refractivity contribution in [3.8, 4) is 11.1 Å². The molecule has 0 radical (unpaired) electrons. The second kappa shape index (κ2) is 14.7. The van der Waals surface area contributed by atoms with Crippen LogP contribution in [-0.4, -0.2) is 73.5 Å². The summed E-state index contributed by atoms with van der Waals surface area (Å²) in [6.07, 6.45) is 7.72. The summed E-state index contributed by atoms with van der Waals surface area (Å²) in [6, 6.07) is 14.6. The number of ether oxygens (including phenoxy) is 2. The van der Waals surface area contributed by atoms with E-state index in [9.17, 15) is 9.90 Å². The van der Waals surface area contributed by atoms with E-state index in [1.807, 2.05) is 35.1 Å². The Morgan fingerprint density at radius 3 is 2.35 bits per heavy atom. The number of para-hydroxylation sites is 1. The van der Waals surface area contributed by atoms with Crippen LogP contribution >= 0.6 is 0 Å². The van der Waals surface area contributed by atoms with Crippen LogP contribution in [0.15, 0.2) is 48.8 Å². The summed E-state index contributed by atoms with van der Waals surface area (Å²) in [5.74, 6) is 0.467. The zero-order valence-electron chi connectivity index (χ0n) is 28.5. The Labute approximate surface area is 275 Å². The SMILES string of the molecule is C[Si](C)(C)CCOCN(COCC[Si](C)(C)C)c1cc(C2CCCC(CC(=O)O)C2)nc2c(-c3cnc4ccccc4c3)cnn12. The molecule has 5 rings (SSSR count). The highest BCUT2D eigenvalue weighted by atomic mass is 28.3. The van der Waals surface area contributed by atoms with E-state index in [-0.39, 0.29) is 18.3 Å². The van der Waals surface area contributed by atoms with Crippen LogP contribution in [-0.2, 0) is 14.3 Å². The predicted octanol–water partition coefficient (Wildman–Crippen LogP) is 8.12. The first-order valence-electron chi connectivity index (χ1n) is 16.7. The van der Waals surface area contributed by atoms with Crippen LogP contribution in [0.3, 0.4) is 0 Å². The molecule has 1 aromatic carbocycles. The summed E-state index contributed by atoms with van der Waals surface area (Å²) >= 11 is 0. The van der Waals surface area contributed by atoms with Crippen LogP contribution in [0.5, 0.6) is 0 Å². The third kappa shape index (κ3) is 9.24. The molecule has 3 aromatic heterocycles. The number of aromatic nitrogens is 4. The van der Waals surface area contributed by atoms with Crippen LogP contribution in [0.1, 0.15) is 43.7 Å². The van der Waals surface area contributed by atoms with Crippen molar-refractivity contribution in [1.29, 1.82) is 0 Å². The fourth-order valence-corrected chi connectivity index (χ4v) is 7.60. The highest BCUT2D eigenvalue weighted by Crippen LogP contribution is 2.39. The molecule has 3 heterocycles. The first-order valence-corrected chi connectivity index (χ1v) is 24.1. The van der Waals surface area contributed by atoms with Gasteiger partial charge in [0.15, 0.2) is 5.65 Å². The van der Waals surface area contributed by atoms with Crippen molar-refractivity contribution in [2.45, 2.75) is 89.4 Å². The molecule has 0 amide bonds.